The van der Waals surface area contributed by atoms with Gasteiger partial charge in [-0.25, -0.2) is 0 Å². The highest BCUT2D eigenvalue weighted by Gasteiger charge is 2.04. The summed E-state index contributed by atoms with van der Waals surface area (Å²) < 4.78 is 0. The van der Waals surface area contributed by atoms with Crippen molar-refractivity contribution >= 4 is 0 Å². The number of hydrogen-bond donors (Lipinski definition) is 2. The number of benzene rings is 1. The van der Waals surface area contributed by atoms with Gasteiger partial charge in [-0.2, -0.15) is 5.10 Å². The van der Waals surface area contributed by atoms with Crippen molar-refractivity contribution in [2.24, 2.45) is 0 Å². The van der Waals surface area contributed by atoms with Crippen LogP contribution >= 0.6 is 0 Å². The summed E-state index contributed by atoms with van der Waals surface area (Å²) in [5.74, 6) is 0. The SMILES string of the molecule is OCc1cn[nH]c1-c1ccccc1. The van der Waals surface area contributed by atoms with E-state index in [0.717, 1.165) is 16.8 Å². The van der Waals surface area contributed by atoms with Gasteiger partial charge in [-0.05, 0) is 5.56 Å². The molecule has 0 saturated heterocycles. The number of hydrogen-bond acceptors (Lipinski definition) is 2. The smallest absolute Gasteiger partial charge is 0.0718 e. The van der Waals surface area contributed by atoms with Gasteiger partial charge in [0.1, 0.15) is 0 Å². The first-order valence-corrected chi connectivity index (χ1v) is 4.10. The van der Waals surface area contributed by atoms with Crippen molar-refractivity contribution in [2.45, 2.75) is 6.61 Å². The van der Waals surface area contributed by atoms with Crippen LogP contribution in [0.1, 0.15) is 5.56 Å². The molecule has 0 aliphatic carbocycles. The normalized spacial score (nSPS) is 10.2. The molecular formula is C10H10N2O. The molecule has 0 fully saturated rings. The molecule has 2 aromatic rings. The summed E-state index contributed by atoms with van der Waals surface area (Å²) in [7, 11) is 0. The van der Waals surface area contributed by atoms with Crippen LogP contribution in [0.3, 0.4) is 0 Å². The van der Waals surface area contributed by atoms with Crippen molar-refractivity contribution < 1.29 is 5.11 Å². The fourth-order valence-corrected chi connectivity index (χ4v) is 1.29. The Kier molecular flexibility index (Phi) is 2.10. The molecule has 66 valence electrons. The number of aromatic nitrogens is 2. The fraction of sp³-hybridized carbons (Fsp3) is 0.100. The van der Waals surface area contributed by atoms with E-state index in [2.05, 4.69) is 10.2 Å². The average molecular weight is 174 g/mol. The molecule has 0 atom stereocenters. The third-order valence-corrected chi connectivity index (χ3v) is 1.95. The minimum Gasteiger partial charge on any atom is -0.392 e. The van der Waals surface area contributed by atoms with E-state index >= 15 is 0 Å². The van der Waals surface area contributed by atoms with E-state index in [9.17, 15) is 0 Å². The molecule has 0 unspecified atom stereocenters. The van der Waals surface area contributed by atoms with Gasteiger partial charge in [0.25, 0.3) is 0 Å². The molecule has 13 heavy (non-hydrogen) atoms. The van der Waals surface area contributed by atoms with Crippen molar-refractivity contribution in [3.63, 3.8) is 0 Å². The van der Waals surface area contributed by atoms with Crippen LogP contribution in [0.2, 0.25) is 0 Å². The molecule has 0 bridgehead atoms. The maximum Gasteiger partial charge on any atom is 0.0718 e. The Morgan fingerprint density at radius 1 is 1.23 bits per heavy atom. The monoisotopic (exact) mass is 174 g/mol. The molecule has 0 aliphatic heterocycles. The zero-order valence-electron chi connectivity index (χ0n) is 7.07. The maximum absolute atomic E-state index is 9.01. The molecule has 1 heterocycles. The summed E-state index contributed by atoms with van der Waals surface area (Å²) in [6, 6.07) is 9.83. The topological polar surface area (TPSA) is 48.9 Å². The Labute approximate surface area is 76.0 Å². The standard InChI is InChI=1S/C10H10N2O/c13-7-9-6-11-12-10(9)8-4-2-1-3-5-8/h1-6,13H,7H2,(H,11,12). The van der Waals surface area contributed by atoms with Gasteiger partial charge in [-0.1, -0.05) is 30.3 Å². The lowest BCUT2D eigenvalue weighted by atomic mass is 10.1. The van der Waals surface area contributed by atoms with E-state index in [4.69, 9.17) is 5.11 Å². The predicted molar refractivity (Wildman–Crippen MR) is 49.9 cm³/mol. The number of aromatic amines is 1. The fourth-order valence-electron chi connectivity index (χ4n) is 1.29. The van der Waals surface area contributed by atoms with Gasteiger partial charge < -0.3 is 5.11 Å². The molecule has 2 N–H and O–H groups in total. The first-order valence-electron chi connectivity index (χ1n) is 4.10. The van der Waals surface area contributed by atoms with Crippen molar-refractivity contribution in [3.05, 3.63) is 42.1 Å². The van der Waals surface area contributed by atoms with E-state index in [1.807, 2.05) is 30.3 Å². The van der Waals surface area contributed by atoms with Gasteiger partial charge in [0.15, 0.2) is 0 Å². The number of nitrogens with one attached hydrogen (secondary N) is 1. The summed E-state index contributed by atoms with van der Waals surface area (Å²) in [6.07, 6.45) is 1.64. The van der Waals surface area contributed by atoms with E-state index in [1.165, 1.54) is 0 Å². The highest BCUT2D eigenvalue weighted by atomic mass is 16.3. The third-order valence-electron chi connectivity index (χ3n) is 1.95. The Morgan fingerprint density at radius 2 is 2.00 bits per heavy atom. The Hall–Kier alpha value is -1.61. The van der Waals surface area contributed by atoms with Crippen molar-refractivity contribution in [3.8, 4) is 11.3 Å². The van der Waals surface area contributed by atoms with Gasteiger partial charge in [0, 0.05) is 5.56 Å². The Balaban J connectivity index is 2.47. The molecule has 1 aromatic heterocycles. The lowest BCUT2D eigenvalue weighted by Crippen LogP contribution is -1.84. The first-order chi connectivity index (χ1) is 6.42. The van der Waals surface area contributed by atoms with Crippen LogP contribution in [0.4, 0.5) is 0 Å². The van der Waals surface area contributed by atoms with Crippen LogP contribution in [0.5, 0.6) is 0 Å². The van der Waals surface area contributed by atoms with Crippen molar-refractivity contribution in [1.82, 2.24) is 10.2 Å². The quantitative estimate of drug-likeness (QED) is 0.726. The van der Waals surface area contributed by atoms with Crippen molar-refractivity contribution in [2.75, 3.05) is 0 Å². The van der Waals surface area contributed by atoms with Crippen LogP contribution in [0.15, 0.2) is 36.5 Å². The van der Waals surface area contributed by atoms with E-state index in [-0.39, 0.29) is 6.61 Å². The van der Waals surface area contributed by atoms with Crippen LogP contribution in [-0.2, 0) is 6.61 Å². The highest BCUT2D eigenvalue weighted by Crippen LogP contribution is 2.19. The number of H-pyrrole nitrogens is 1. The van der Waals surface area contributed by atoms with Gasteiger partial charge in [-0.3, -0.25) is 5.10 Å². The largest absolute Gasteiger partial charge is 0.392 e. The minimum atomic E-state index is 0.0146. The Bertz CT molecular complexity index is 381. The lowest BCUT2D eigenvalue weighted by molar-refractivity contribution is 0.282. The van der Waals surface area contributed by atoms with Gasteiger partial charge in [0.05, 0.1) is 18.5 Å². The zero-order valence-corrected chi connectivity index (χ0v) is 7.07. The van der Waals surface area contributed by atoms with Crippen LogP contribution in [0, 0.1) is 0 Å². The van der Waals surface area contributed by atoms with Gasteiger partial charge >= 0.3 is 0 Å². The predicted octanol–water partition coefficient (Wildman–Crippen LogP) is 1.57. The van der Waals surface area contributed by atoms with Crippen LogP contribution in [-0.4, -0.2) is 15.3 Å². The number of rotatable bonds is 2. The maximum atomic E-state index is 9.01. The second-order valence-corrected chi connectivity index (χ2v) is 2.79. The molecule has 0 saturated carbocycles. The highest BCUT2D eigenvalue weighted by molar-refractivity contribution is 5.62. The number of nitrogens with zero attached hydrogens (tertiary/aromatic N) is 1. The summed E-state index contributed by atoms with van der Waals surface area (Å²) in [4.78, 5) is 0. The van der Waals surface area contributed by atoms with Gasteiger partial charge in [0.2, 0.25) is 0 Å². The molecule has 3 nitrogen and oxygen atoms in total. The number of aliphatic hydroxyl groups excluding tert-OH is 1. The van der Waals surface area contributed by atoms with Gasteiger partial charge in [-0.15, -0.1) is 0 Å². The third kappa shape index (κ3) is 1.46. The van der Waals surface area contributed by atoms with E-state index in [1.54, 1.807) is 6.20 Å². The zero-order chi connectivity index (χ0) is 9.10. The molecule has 1 aromatic carbocycles. The molecule has 0 aliphatic rings. The van der Waals surface area contributed by atoms with E-state index < -0.39 is 0 Å². The van der Waals surface area contributed by atoms with Crippen molar-refractivity contribution in [1.29, 1.82) is 0 Å². The van der Waals surface area contributed by atoms with Crippen LogP contribution < -0.4 is 0 Å². The Morgan fingerprint density at radius 3 is 2.69 bits per heavy atom. The van der Waals surface area contributed by atoms with Crippen LogP contribution in [0.25, 0.3) is 11.3 Å². The lowest BCUT2D eigenvalue weighted by Gasteiger charge is -1.98. The average Bonchev–Trinajstić information content (AvgIpc) is 2.67. The molecule has 0 radical (unpaired) electrons. The summed E-state index contributed by atoms with van der Waals surface area (Å²) in [6.45, 7) is 0.0146. The molecule has 2 rings (SSSR count). The second kappa shape index (κ2) is 3.41. The molecule has 0 amide bonds. The summed E-state index contributed by atoms with van der Waals surface area (Å²) in [5, 5.41) is 15.8. The summed E-state index contributed by atoms with van der Waals surface area (Å²) >= 11 is 0. The summed E-state index contributed by atoms with van der Waals surface area (Å²) in [5.41, 5.74) is 2.76. The number of aliphatic hydroxyl groups is 1. The first kappa shape index (κ1) is 8.01. The van der Waals surface area contributed by atoms with E-state index in [0.29, 0.717) is 0 Å². The molecule has 0 spiro atoms. The molecular weight excluding hydrogens is 164 g/mol. The minimum absolute atomic E-state index is 0.0146. The second-order valence-electron chi connectivity index (χ2n) is 2.79. The molecule has 3 heteroatoms.